The molecule has 1 aliphatic heterocycles. The highest BCUT2D eigenvalue weighted by molar-refractivity contribution is 5.87. The van der Waals surface area contributed by atoms with Crippen LogP contribution in [0.5, 0.6) is 0 Å². The standard InChI is InChI=1S/C14H19NO/c1-11-3-5-12(6-4-11)9-13(16)14(2)7-8-15-10-14/h3-6,15H,7-10H2,1-2H3. The molecular formula is C14H19NO. The Morgan fingerprint density at radius 1 is 1.38 bits per heavy atom. The Balaban J connectivity index is 2.04. The Labute approximate surface area is 97.1 Å². The summed E-state index contributed by atoms with van der Waals surface area (Å²) >= 11 is 0. The second-order valence-electron chi connectivity index (χ2n) is 5.07. The van der Waals surface area contributed by atoms with Crippen molar-refractivity contribution in [3.8, 4) is 0 Å². The van der Waals surface area contributed by atoms with E-state index in [2.05, 4.69) is 43.4 Å². The van der Waals surface area contributed by atoms with E-state index in [0.29, 0.717) is 12.2 Å². The molecule has 0 bridgehead atoms. The van der Waals surface area contributed by atoms with Crippen LogP contribution in [0.4, 0.5) is 0 Å². The Morgan fingerprint density at radius 3 is 2.62 bits per heavy atom. The third-order valence-electron chi connectivity index (χ3n) is 3.53. The van der Waals surface area contributed by atoms with Crippen molar-refractivity contribution in [2.45, 2.75) is 26.7 Å². The predicted octanol–water partition coefficient (Wildman–Crippen LogP) is 2.11. The van der Waals surface area contributed by atoms with Gasteiger partial charge in [-0.25, -0.2) is 0 Å². The number of hydrogen-bond donors (Lipinski definition) is 1. The fourth-order valence-electron chi connectivity index (χ4n) is 2.16. The van der Waals surface area contributed by atoms with Crippen molar-refractivity contribution < 1.29 is 4.79 Å². The molecular weight excluding hydrogens is 198 g/mol. The van der Waals surface area contributed by atoms with E-state index in [-0.39, 0.29) is 5.41 Å². The molecule has 0 amide bonds. The first kappa shape index (κ1) is 11.3. The zero-order valence-electron chi connectivity index (χ0n) is 10.0. The first-order chi connectivity index (χ1) is 7.60. The normalized spacial score (nSPS) is 24.6. The molecule has 1 atom stereocenters. The molecule has 1 aliphatic rings. The summed E-state index contributed by atoms with van der Waals surface area (Å²) < 4.78 is 0. The Morgan fingerprint density at radius 2 is 2.06 bits per heavy atom. The number of Topliss-reactive ketones (excluding diaryl/α,β-unsaturated/α-hetero) is 1. The summed E-state index contributed by atoms with van der Waals surface area (Å²) in [5.74, 6) is 0.362. The van der Waals surface area contributed by atoms with Crippen LogP contribution in [-0.4, -0.2) is 18.9 Å². The van der Waals surface area contributed by atoms with Crippen LogP contribution in [0.3, 0.4) is 0 Å². The maximum Gasteiger partial charge on any atom is 0.144 e. The number of aryl methyl sites for hydroxylation is 1. The summed E-state index contributed by atoms with van der Waals surface area (Å²) in [6, 6.07) is 8.24. The average molecular weight is 217 g/mol. The minimum atomic E-state index is -0.148. The smallest absolute Gasteiger partial charge is 0.144 e. The topological polar surface area (TPSA) is 29.1 Å². The summed E-state index contributed by atoms with van der Waals surface area (Å²) in [4.78, 5) is 12.2. The maximum atomic E-state index is 12.2. The highest BCUT2D eigenvalue weighted by atomic mass is 16.1. The van der Waals surface area contributed by atoms with E-state index >= 15 is 0 Å². The molecule has 1 fully saturated rings. The Hall–Kier alpha value is -1.15. The minimum Gasteiger partial charge on any atom is -0.316 e. The predicted molar refractivity (Wildman–Crippen MR) is 65.5 cm³/mol. The van der Waals surface area contributed by atoms with E-state index in [0.717, 1.165) is 25.1 Å². The van der Waals surface area contributed by atoms with Gasteiger partial charge in [0.25, 0.3) is 0 Å². The van der Waals surface area contributed by atoms with Crippen molar-refractivity contribution in [1.29, 1.82) is 0 Å². The van der Waals surface area contributed by atoms with E-state index in [1.165, 1.54) is 5.56 Å². The third kappa shape index (κ3) is 2.33. The van der Waals surface area contributed by atoms with Crippen LogP contribution < -0.4 is 5.32 Å². The van der Waals surface area contributed by atoms with Gasteiger partial charge in [-0.2, -0.15) is 0 Å². The van der Waals surface area contributed by atoms with Gasteiger partial charge in [0.1, 0.15) is 5.78 Å². The van der Waals surface area contributed by atoms with Crippen molar-refractivity contribution >= 4 is 5.78 Å². The largest absolute Gasteiger partial charge is 0.316 e. The fraction of sp³-hybridized carbons (Fsp3) is 0.500. The van der Waals surface area contributed by atoms with Crippen LogP contribution in [-0.2, 0) is 11.2 Å². The van der Waals surface area contributed by atoms with Crippen LogP contribution in [0, 0.1) is 12.3 Å². The van der Waals surface area contributed by atoms with E-state index < -0.39 is 0 Å². The molecule has 0 saturated carbocycles. The van der Waals surface area contributed by atoms with Crippen LogP contribution >= 0.6 is 0 Å². The van der Waals surface area contributed by atoms with E-state index in [4.69, 9.17) is 0 Å². The number of benzene rings is 1. The lowest BCUT2D eigenvalue weighted by Gasteiger charge is -2.20. The maximum absolute atomic E-state index is 12.2. The quantitative estimate of drug-likeness (QED) is 0.840. The van der Waals surface area contributed by atoms with Crippen LogP contribution in [0.15, 0.2) is 24.3 Å². The number of carbonyl (C=O) groups is 1. The van der Waals surface area contributed by atoms with Gasteiger partial charge < -0.3 is 5.32 Å². The highest BCUT2D eigenvalue weighted by Gasteiger charge is 2.35. The van der Waals surface area contributed by atoms with E-state index in [9.17, 15) is 4.79 Å². The zero-order valence-corrected chi connectivity index (χ0v) is 10.0. The van der Waals surface area contributed by atoms with Gasteiger partial charge in [-0.3, -0.25) is 4.79 Å². The summed E-state index contributed by atoms with van der Waals surface area (Å²) in [5.41, 5.74) is 2.22. The number of hydrogen-bond acceptors (Lipinski definition) is 2. The van der Waals surface area contributed by atoms with Crippen molar-refractivity contribution in [3.05, 3.63) is 35.4 Å². The fourth-order valence-corrected chi connectivity index (χ4v) is 2.16. The molecule has 2 heteroatoms. The average Bonchev–Trinajstić information content (AvgIpc) is 2.70. The van der Waals surface area contributed by atoms with Gasteiger partial charge in [0.2, 0.25) is 0 Å². The molecule has 0 aromatic heterocycles. The van der Waals surface area contributed by atoms with Crippen molar-refractivity contribution in [2.24, 2.45) is 5.41 Å². The van der Waals surface area contributed by atoms with Crippen LogP contribution in [0.2, 0.25) is 0 Å². The molecule has 86 valence electrons. The number of rotatable bonds is 3. The molecule has 1 aromatic carbocycles. The van der Waals surface area contributed by atoms with Gasteiger partial charge in [-0.1, -0.05) is 36.8 Å². The van der Waals surface area contributed by atoms with E-state index in [1.54, 1.807) is 0 Å². The number of carbonyl (C=O) groups excluding carboxylic acids is 1. The van der Waals surface area contributed by atoms with Gasteiger partial charge in [-0.15, -0.1) is 0 Å². The van der Waals surface area contributed by atoms with Crippen LogP contribution in [0.1, 0.15) is 24.5 Å². The molecule has 1 unspecified atom stereocenters. The van der Waals surface area contributed by atoms with Gasteiger partial charge in [-0.05, 0) is 25.5 Å². The molecule has 1 heterocycles. The summed E-state index contributed by atoms with van der Waals surface area (Å²) in [7, 11) is 0. The zero-order chi connectivity index (χ0) is 11.6. The Bertz CT molecular complexity index is 374. The van der Waals surface area contributed by atoms with Gasteiger partial charge >= 0.3 is 0 Å². The lowest BCUT2D eigenvalue weighted by molar-refractivity contribution is -0.126. The van der Waals surface area contributed by atoms with Crippen LogP contribution in [0.25, 0.3) is 0 Å². The highest BCUT2D eigenvalue weighted by Crippen LogP contribution is 2.27. The van der Waals surface area contributed by atoms with Gasteiger partial charge in [0.15, 0.2) is 0 Å². The molecule has 0 spiro atoms. The lowest BCUT2D eigenvalue weighted by atomic mass is 9.82. The minimum absolute atomic E-state index is 0.148. The first-order valence-corrected chi connectivity index (χ1v) is 5.90. The first-order valence-electron chi connectivity index (χ1n) is 5.90. The molecule has 2 nitrogen and oxygen atoms in total. The third-order valence-corrected chi connectivity index (χ3v) is 3.53. The molecule has 2 rings (SSSR count). The summed E-state index contributed by atoms with van der Waals surface area (Å²) in [6.07, 6.45) is 1.54. The van der Waals surface area contributed by atoms with Crippen molar-refractivity contribution in [3.63, 3.8) is 0 Å². The summed E-state index contributed by atoms with van der Waals surface area (Å²) in [5, 5.41) is 3.27. The van der Waals surface area contributed by atoms with Gasteiger partial charge in [0, 0.05) is 18.4 Å². The molecule has 0 radical (unpaired) electrons. The monoisotopic (exact) mass is 217 g/mol. The summed E-state index contributed by atoms with van der Waals surface area (Å²) in [6.45, 7) is 5.94. The molecule has 16 heavy (non-hydrogen) atoms. The lowest BCUT2D eigenvalue weighted by Crippen LogP contribution is -2.31. The second kappa shape index (κ2) is 4.38. The van der Waals surface area contributed by atoms with Crippen molar-refractivity contribution in [2.75, 3.05) is 13.1 Å². The SMILES string of the molecule is Cc1ccc(CC(=O)C2(C)CCNC2)cc1. The van der Waals surface area contributed by atoms with Crippen molar-refractivity contribution in [1.82, 2.24) is 5.32 Å². The molecule has 1 N–H and O–H groups in total. The molecule has 0 aliphatic carbocycles. The van der Waals surface area contributed by atoms with E-state index in [1.807, 2.05) is 0 Å². The molecule has 1 saturated heterocycles. The number of ketones is 1. The molecule has 1 aromatic rings. The number of nitrogens with one attached hydrogen (secondary N) is 1. The second-order valence-corrected chi connectivity index (χ2v) is 5.07. The Kier molecular flexibility index (Phi) is 3.10. The van der Waals surface area contributed by atoms with Gasteiger partial charge in [0.05, 0.1) is 0 Å².